The van der Waals surface area contributed by atoms with Crippen molar-refractivity contribution in [2.45, 2.75) is 6.92 Å². The third-order valence-electron chi connectivity index (χ3n) is 1.17. The molecule has 0 aliphatic rings. The molecule has 1 aromatic heterocycles. The summed E-state index contributed by atoms with van der Waals surface area (Å²) >= 11 is 5.72. The van der Waals surface area contributed by atoms with Crippen LogP contribution in [-0.4, -0.2) is 16.6 Å². The number of rotatable bonds is 3. The van der Waals surface area contributed by atoms with Crippen molar-refractivity contribution in [1.82, 2.24) is 9.97 Å². The highest BCUT2D eigenvalue weighted by Crippen LogP contribution is 2.09. The molecule has 64 valence electrons. The van der Waals surface area contributed by atoms with Gasteiger partial charge in [-0.25, -0.2) is 4.98 Å². The second-order valence-electron chi connectivity index (χ2n) is 1.99. The van der Waals surface area contributed by atoms with E-state index in [1.54, 1.807) is 24.7 Å². The van der Waals surface area contributed by atoms with Gasteiger partial charge in [0.05, 0.1) is 12.9 Å². The first-order chi connectivity index (χ1) is 5.84. The van der Waals surface area contributed by atoms with Gasteiger partial charge in [-0.15, -0.1) is 0 Å². The van der Waals surface area contributed by atoms with Gasteiger partial charge in [0, 0.05) is 18.5 Å². The predicted molar refractivity (Wildman–Crippen MR) is 47.7 cm³/mol. The van der Waals surface area contributed by atoms with E-state index in [2.05, 4.69) is 9.97 Å². The molecule has 0 saturated heterocycles. The Morgan fingerprint density at radius 1 is 1.50 bits per heavy atom. The average Bonchev–Trinajstić information content (AvgIpc) is 2.09. The summed E-state index contributed by atoms with van der Waals surface area (Å²) in [6.45, 7) is 2.54. The lowest BCUT2D eigenvalue weighted by atomic mass is 10.4. The van der Waals surface area contributed by atoms with Crippen molar-refractivity contribution in [1.29, 1.82) is 0 Å². The van der Waals surface area contributed by atoms with Crippen molar-refractivity contribution in [2.75, 3.05) is 6.61 Å². The molecule has 0 bridgehead atoms. The lowest BCUT2D eigenvalue weighted by molar-refractivity contribution is 0.272. The molecule has 0 amide bonds. The zero-order valence-electron chi connectivity index (χ0n) is 6.70. The quantitative estimate of drug-likeness (QED) is 0.676. The van der Waals surface area contributed by atoms with E-state index in [1.807, 2.05) is 6.92 Å². The van der Waals surface area contributed by atoms with E-state index in [0.717, 1.165) is 0 Å². The molecule has 1 heterocycles. The van der Waals surface area contributed by atoms with Crippen LogP contribution < -0.4 is 0 Å². The third-order valence-corrected chi connectivity index (χ3v) is 1.46. The van der Waals surface area contributed by atoms with Gasteiger partial charge < -0.3 is 4.74 Å². The second-order valence-corrected chi connectivity index (χ2v) is 2.35. The normalized spacial score (nSPS) is 10.5. The van der Waals surface area contributed by atoms with Crippen molar-refractivity contribution in [2.24, 2.45) is 0 Å². The average molecular weight is 185 g/mol. The highest BCUT2D eigenvalue weighted by molar-refractivity contribution is 6.30. The molecule has 0 aliphatic heterocycles. The largest absolute Gasteiger partial charge is 0.501 e. The molecule has 4 heteroatoms. The van der Waals surface area contributed by atoms with Crippen LogP contribution in [0.1, 0.15) is 12.6 Å². The molecule has 0 aromatic carbocycles. The molecule has 0 atom stereocenters. The molecule has 3 nitrogen and oxygen atoms in total. The van der Waals surface area contributed by atoms with Crippen LogP contribution in [0.4, 0.5) is 0 Å². The summed E-state index contributed by atoms with van der Waals surface area (Å²) < 4.78 is 4.99. The fourth-order valence-electron chi connectivity index (χ4n) is 0.652. The van der Waals surface area contributed by atoms with Crippen LogP contribution in [0, 0.1) is 0 Å². The molecule has 0 saturated carbocycles. The van der Waals surface area contributed by atoms with E-state index >= 15 is 0 Å². The van der Waals surface area contributed by atoms with Gasteiger partial charge in [-0.05, 0) is 6.92 Å². The monoisotopic (exact) mass is 184 g/mol. The van der Waals surface area contributed by atoms with E-state index in [4.69, 9.17) is 16.3 Å². The minimum absolute atomic E-state index is 0.383. The minimum atomic E-state index is 0.383. The van der Waals surface area contributed by atoms with E-state index in [1.165, 1.54) is 0 Å². The topological polar surface area (TPSA) is 35.0 Å². The van der Waals surface area contributed by atoms with Gasteiger partial charge in [0.15, 0.2) is 5.15 Å². The highest BCUT2D eigenvalue weighted by Gasteiger charge is 1.95. The van der Waals surface area contributed by atoms with Gasteiger partial charge in [0.1, 0.15) is 5.69 Å². The lowest BCUT2D eigenvalue weighted by Crippen LogP contribution is -1.85. The highest BCUT2D eigenvalue weighted by atomic mass is 35.5. The Labute approximate surface area is 76.1 Å². The van der Waals surface area contributed by atoms with E-state index in [0.29, 0.717) is 17.5 Å². The van der Waals surface area contributed by atoms with Crippen molar-refractivity contribution in [3.05, 3.63) is 29.5 Å². The van der Waals surface area contributed by atoms with E-state index in [-0.39, 0.29) is 0 Å². The molecule has 0 radical (unpaired) electrons. The van der Waals surface area contributed by atoms with Gasteiger partial charge in [0.25, 0.3) is 0 Å². The van der Waals surface area contributed by atoms with Gasteiger partial charge in [-0.3, -0.25) is 4.98 Å². The smallest absolute Gasteiger partial charge is 0.154 e. The van der Waals surface area contributed by atoms with Gasteiger partial charge in [0.2, 0.25) is 0 Å². The number of hydrogen-bond donors (Lipinski definition) is 0. The minimum Gasteiger partial charge on any atom is -0.501 e. The van der Waals surface area contributed by atoms with Crippen molar-refractivity contribution in [3.63, 3.8) is 0 Å². The first-order valence-electron chi connectivity index (χ1n) is 3.59. The Balaban J connectivity index is 2.68. The van der Waals surface area contributed by atoms with Crippen LogP contribution in [-0.2, 0) is 4.74 Å². The third kappa shape index (κ3) is 2.51. The molecule has 1 rings (SSSR count). The van der Waals surface area contributed by atoms with Crippen LogP contribution in [0.2, 0.25) is 5.15 Å². The number of aromatic nitrogens is 2. The van der Waals surface area contributed by atoms with Crippen molar-refractivity contribution >= 4 is 17.7 Å². The van der Waals surface area contributed by atoms with Gasteiger partial charge >= 0.3 is 0 Å². The maximum Gasteiger partial charge on any atom is 0.154 e. The molecule has 0 aliphatic carbocycles. The molecular weight excluding hydrogens is 176 g/mol. The Morgan fingerprint density at radius 2 is 2.25 bits per heavy atom. The van der Waals surface area contributed by atoms with Crippen LogP contribution in [0.15, 0.2) is 18.7 Å². The lowest BCUT2D eigenvalue weighted by Gasteiger charge is -1.94. The first-order valence-corrected chi connectivity index (χ1v) is 3.97. The zero-order chi connectivity index (χ0) is 8.81. The SMILES string of the molecule is CCO/C=C\c1nccnc1Cl. The van der Waals surface area contributed by atoms with Crippen molar-refractivity contribution in [3.8, 4) is 0 Å². The summed E-state index contributed by atoms with van der Waals surface area (Å²) in [4.78, 5) is 7.84. The summed E-state index contributed by atoms with van der Waals surface area (Å²) in [5.41, 5.74) is 0.618. The Kier molecular flexibility index (Phi) is 3.54. The number of halogens is 1. The summed E-state index contributed by atoms with van der Waals surface area (Å²) in [7, 11) is 0. The number of hydrogen-bond acceptors (Lipinski definition) is 3. The zero-order valence-corrected chi connectivity index (χ0v) is 7.45. The van der Waals surface area contributed by atoms with Gasteiger partial charge in [-0.2, -0.15) is 0 Å². The van der Waals surface area contributed by atoms with Crippen LogP contribution in [0.3, 0.4) is 0 Å². The standard InChI is InChI=1S/C8H9ClN2O/c1-2-12-6-3-7-8(9)11-5-4-10-7/h3-6H,2H2,1H3/b6-3-. The summed E-state index contributed by atoms with van der Waals surface area (Å²) in [6.07, 6.45) is 6.35. The van der Waals surface area contributed by atoms with Crippen LogP contribution >= 0.6 is 11.6 Å². The van der Waals surface area contributed by atoms with Crippen LogP contribution in [0.25, 0.3) is 6.08 Å². The molecular formula is C8H9ClN2O. The van der Waals surface area contributed by atoms with E-state index in [9.17, 15) is 0 Å². The number of nitrogens with zero attached hydrogens (tertiary/aromatic N) is 2. The Morgan fingerprint density at radius 3 is 2.92 bits per heavy atom. The Bertz CT molecular complexity index is 276. The fraction of sp³-hybridized carbons (Fsp3) is 0.250. The Hall–Kier alpha value is -1.09. The molecule has 0 fully saturated rings. The molecule has 0 N–H and O–H groups in total. The predicted octanol–water partition coefficient (Wildman–Crippen LogP) is 2.14. The molecule has 1 aromatic rings. The summed E-state index contributed by atoms with van der Waals surface area (Å²) in [5, 5.41) is 0.383. The molecule has 12 heavy (non-hydrogen) atoms. The van der Waals surface area contributed by atoms with Crippen LogP contribution in [0.5, 0.6) is 0 Å². The number of ether oxygens (including phenoxy) is 1. The van der Waals surface area contributed by atoms with Crippen molar-refractivity contribution < 1.29 is 4.74 Å². The second kappa shape index (κ2) is 4.72. The maximum absolute atomic E-state index is 5.72. The fourth-order valence-corrected chi connectivity index (χ4v) is 0.821. The molecule has 0 unspecified atom stereocenters. The summed E-state index contributed by atoms with van der Waals surface area (Å²) in [5.74, 6) is 0. The van der Waals surface area contributed by atoms with E-state index < -0.39 is 0 Å². The summed E-state index contributed by atoms with van der Waals surface area (Å²) in [6, 6.07) is 0. The molecule has 0 spiro atoms. The maximum atomic E-state index is 5.72. The van der Waals surface area contributed by atoms with Gasteiger partial charge in [-0.1, -0.05) is 11.6 Å². The first kappa shape index (κ1) is 9.00.